The van der Waals surface area contributed by atoms with Gasteiger partial charge in [0.05, 0.1) is 10.7 Å². The van der Waals surface area contributed by atoms with Gasteiger partial charge in [-0.25, -0.2) is 0 Å². The fraction of sp³-hybridized carbons (Fsp3) is 0.500. The number of rotatable bonds is 5. The third-order valence-electron chi connectivity index (χ3n) is 3.63. The van der Waals surface area contributed by atoms with E-state index < -0.39 is 0 Å². The minimum absolute atomic E-state index is 0.0791. The normalized spacial score (nSPS) is 13.9. The predicted molar refractivity (Wildman–Crippen MR) is 84.7 cm³/mol. The van der Waals surface area contributed by atoms with Gasteiger partial charge >= 0.3 is 0 Å². The van der Waals surface area contributed by atoms with E-state index in [0.717, 1.165) is 29.7 Å². The third-order valence-corrected chi connectivity index (χ3v) is 3.92. The SMILES string of the molecule is CC(=O)N(CCNC(=O)C1CC1)c1c(C)cc(C)cc1Cl. The van der Waals surface area contributed by atoms with Gasteiger partial charge in [0.2, 0.25) is 11.8 Å². The monoisotopic (exact) mass is 308 g/mol. The van der Waals surface area contributed by atoms with E-state index in [-0.39, 0.29) is 17.7 Å². The minimum Gasteiger partial charge on any atom is -0.354 e. The van der Waals surface area contributed by atoms with Crippen molar-refractivity contribution >= 4 is 29.1 Å². The quantitative estimate of drug-likeness (QED) is 0.909. The molecule has 2 rings (SSSR count). The van der Waals surface area contributed by atoms with E-state index in [9.17, 15) is 9.59 Å². The highest BCUT2D eigenvalue weighted by atomic mass is 35.5. The van der Waals surface area contributed by atoms with Crippen LogP contribution in [0.1, 0.15) is 30.9 Å². The number of hydrogen-bond donors (Lipinski definition) is 1. The molecule has 0 saturated heterocycles. The summed E-state index contributed by atoms with van der Waals surface area (Å²) in [5.41, 5.74) is 2.76. The molecule has 4 nitrogen and oxygen atoms in total. The molecule has 1 saturated carbocycles. The largest absolute Gasteiger partial charge is 0.354 e. The summed E-state index contributed by atoms with van der Waals surface area (Å²) in [6, 6.07) is 3.85. The highest BCUT2D eigenvalue weighted by Crippen LogP contribution is 2.31. The molecule has 1 aromatic carbocycles. The van der Waals surface area contributed by atoms with Gasteiger partial charge in [-0.15, -0.1) is 0 Å². The summed E-state index contributed by atoms with van der Waals surface area (Å²) in [5.74, 6) is 0.190. The maximum atomic E-state index is 11.9. The molecular weight excluding hydrogens is 288 g/mol. The molecule has 5 heteroatoms. The fourth-order valence-electron chi connectivity index (χ4n) is 2.46. The standard InChI is InChI=1S/C16H21ClN2O2/c1-10-8-11(2)15(14(17)9-10)19(12(3)20)7-6-18-16(21)13-4-5-13/h8-9,13H,4-7H2,1-3H3,(H,18,21). The smallest absolute Gasteiger partial charge is 0.223 e. The van der Waals surface area contributed by atoms with Gasteiger partial charge in [0.15, 0.2) is 0 Å². The van der Waals surface area contributed by atoms with Crippen LogP contribution in [0, 0.1) is 19.8 Å². The first kappa shape index (κ1) is 15.8. The van der Waals surface area contributed by atoms with Crippen molar-refractivity contribution in [2.24, 2.45) is 5.92 Å². The zero-order chi connectivity index (χ0) is 15.6. The second-order valence-corrected chi connectivity index (χ2v) is 6.06. The molecule has 1 N–H and O–H groups in total. The molecular formula is C16H21ClN2O2. The number of anilines is 1. The molecule has 0 unspecified atom stereocenters. The molecule has 21 heavy (non-hydrogen) atoms. The van der Waals surface area contributed by atoms with Gasteiger partial charge < -0.3 is 10.2 Å². The minimum atomic E-state index is -0.0791. The zero-order valence-corrected chi connectivity index (χ0v) is 13.5. The van der Waals surface area contributed by atoms with Crippen molar-refractivity contribution in [2.75, 3.05) is 18.0 Å². The lowest BCUT2D eigenvalue weighted by Gasteiger charge is -2.25. The number of hydrogen-bond acceptors (Lipinski definition) is 2. The second-order valence-electron chi connectivity index (χ2n) is 5.65. The van der Waals surface area contributed by atoms with Crippen LogP contribution in [0.2, 0.25) is 5.02 Å². The molecule has 0 radical (unpaired) electrons. The Morgan fingerprint density at radius 3 is 2.52 bits per heavy atom. The summed E-state index contributed by atoms with van der Waals surface area (Å²) < 4.78 is 0. The van der Waals surface area contributed by atoms with Gasteiger partial charge in [0.25, 0.3) is 0 Å². The maximum Gasteiger partial charge on any atom is 0.223 e. The molecule has 1 fully saturated rings. The number of nitrogens with one attached hydrogen (secondary N) is 1. The van der Waals surface area contributed by atoms with E-state index in [1.54, 1.807) is 4.90 Å². The molecule has 0 aromatic heterocycles. The lowest BCUT2D eigenvalue weighted by molar-refractivity contribution is -0.122. The molecule has 114 valence electrons. The molecule has 1 aliphatic rings. The first-order chi connectivity index (χ1) is 9.90. The van der Waals surface area contributed by atoms with Gasteiger partial charge in [-0.3, -0.25) is 9.59 Å². The molecule has 1 aliphatic carbocycles. The van der Waals surface area contributed by atoms with Crippen LogP contribution in [0.3, 0.4) is 0 Å². The van der Waals surface area contributed by atoms with Crippen molar-refractivity contribution in [3.05, 3.63) is 28.3 Å². The summed E-state index contributed by atoms with van der Waals surface area (Å²) in [5, 5.41) is 3.44. The molecule has 0 spiro atoms. The Hall–Kier alpha value is -1.55. The van der Waals surface area contributed by atoms with Gasteiger partial charge in [0.1, 0.15) is 0 Å². The van der Waals surface area contributed by atoms with E-state index in [1.165, 1.54) is 6.92 Å². The summed E-state index contributed by atoms with van der Waals surface area (Å²) in [6.45, 7) is 6.29. The third kappa shape index (κ3) is 3.97. The van der Waals surface area contributed by atoms with E-state index in [4.69, 9.17) is 11.6 Å². The zero-order valence-electron chi connectivity index (χ0n) is 12.7. The Morgan fingerprint density at radius 2 is 2.00 bits per heavy atom. The van der Waals surface area contributed by atoms with Gasteiger partial charge in [-0.05, 0) is 43.9 Å². The van der Waals surface area contributed by atoms with Gasteiger partial charge in [-0.2, -0.15) is 0 Å². The molecule has 2 amide bonds. The summed E-state index contributed by atoms with van der Waals surface area (Å²) in [4.78, 5) is 25.2. The van der Waals surface area contributed by atoms with Crippen LogP contribution in [0.15, 0.2) is 12.1 Å². The average molecular weight is 309 g/mol. The Kier molecular flexibility index (Phi) is 4.88. The van der Waals surface area contributed by atoms with E-state index in [2.05, 4.69) is 5.32 Å². The van der Waals surface area contributed by atoms with Crippen LogP contribution < -0.4 is 10.2 Å². The molecule has 1 aromatic rings. The van der Waals surface area contributed by atoms with Crippen LogP contribution in [0.25, 0.3) is 0 Å². The summed E-state index contributed by atoms with van der Waals surface area (Å²) >= 11 is 6.29. The number of carbonyl (C=O) groups excluding carboxylic acids is 2. The lowest BCUT2D eigenvalue weighted by atomic mass is 10.1. The Bertz CT molecular complexity index is 544. The highest BCUT2D eigenvalue weighted by Gasteiger charge is 2.29. The van der Waals surface area contributed by atoms with E-state index >= 15 is 0 Å². The van der Waals surface area contributed by atoms with Crippen LogP contribution in [-0.4, -0.2) is 24.9 Å². The fourth-order valence-corrected chi connectivity index (χ4v) is 2.88. The molecule has 0 atom stereocenters. The van der Waals surface area contributed by atoms with Crippen molar-refractivity contribution < 1.29 is 9.59 Å². The lowest BCUT2D eigenvalue weighted by Crippen LogP contribution is -2.38. The van der Waals surface area contributed by atoms with Gasteiger partial charge in [-0.1, -0.05) is 17.7 Å². The second kappa shape index (κ2) is 6.48. The first-order valence-electron chi connectivity index (χ1n) is 7.22. The van der Waals surface area contributed by atoms with Gasteiger partial charge in [0, 0.05) is 25.9 Å². The molecule has 0 heterocycles. The van der Waals surface area contributed by atoms with Crippen molar-refractivity contribution in [1.82, 2.24) is 5.32 Å². The van der Waals surface area contributed by atoms with Crippen LogP contribution in [0.4, 0.5) is 5.69 Å². The average Bonchev–Trinajstić information content (AvgIpc) is 3.19. The number of halogens is 1. The van der Waals surface area contributed by atoms with Crippen molar-refractivity contribution in [3.8, 4) is 0 Å². The summed E-state index contributed by atoms with van der Waals surface area (Å²) in [6.07, 6.45) is 1.95. The van der Waals surface area contributed by atoms with Crippen LogP contribution in [-0.2, 0) is 9.59 Å². The number of nitrogens with zero attached hydrogens (tertiary/aromatic N) is 1. The first-order valence-corrected chi connectivity index (χ1v) is 7.60. The molecule has 0 aliphatic heterocycles. The van der Waals surface area contributed by atoms with E-state index in [0.29, 0.717) is 18.1 Å². The van der Waals surface area contributed by atoms with Crippen LogP contribution in [0.5, 0.6) is 0 Å². The highest BCUT2D eigenvalue weighted by molar-refractivity contribution is 6.34. The Balaban J connectivity index is 2.08. The van der Waals surface area contributed by atoms with E-state index in [1.807, 2.05) is 26.0 Å². The summed E-state index contributed by atoms with van der Waals surface area (Å²) in [7, 11) is 0. The number of benzene rings is 1. The van der Waals surface area contributed by atoms with Crippen molar-refractivity contribution in [1.29, 1.82) is 0 Å². The topological polar surface area (TPSA) is 49.4 Å². The molecule has 0 bridgehead atoms. The maximum absolute atomic E-state index is 11.9. The van der Waals surface area contributed by atoms with Crippen molar-refractivity contribution in [2.45, 2.75) is 33.6 Å². The van der Waals surface area contributed by atoms with Crippen molar-refractivity contribution in [3.63, 3.8) is 0 Å². The number of carbonyl (C=O) groups is 2. The van der Waals surface area contributed by atoms with Crippen LogP contribution >= 0.6 is 11.6 Å². The number of aryl methyl sites for hydroxylation is 2. The Morgan fingerprint density at radius 1 is 1.33 bits per heavy atom. The Labute approximate surface area is 130 Å². The number of amides is 2. The predicted octanol–water partition coefficient (Wildman–Crippen LogP) is 2.84.